The van der Waals surface area contributed by atoms with Crippen molar-refractivity contribution in [1.82, 2.24) is 4.98 Å². The number of hydrogen-bond donors (Lipinski definition) is 0. The molecule has 2 rings (SSSR count). The van der Waals surface area contributed by atoms with Crippen molar-refractivity contribution in [2.75, 3.05) is 0 Å². The first-order valence-corrected chi connectivity index (χ1v) is 5.59. The molecule has 3 nitrogen and oxygen atoms in total. The summed E-state index contributed by atoms with van der Waals surface area (Å²) in [7, 11) is 0. The summed E-state index contributed by atoms with van der Waals surface area (Å²) < 4.78 is 29.1. The molecule has 0 aliphatic carbocycles. The fourth-order valence-electron chi connectivity index (χ4n) is 1.65. The third-order valence-corrected chi connectivity index (χ3v) is 2.50. The van der Waals surface area contributed by atoms with Crippen LogP contribution in [-0.4, -0.2) is 17.4 Å². The highest BCUT2D eigenvalue weighted by atomic mass is 19.3. The third kappa shape index (κ3) is 3.13. The summed E-state index contributed by atoms with van der Waals surface area (Å²) in [6.45, 7) is -1.25. The van der Waals surface area contributed by atoms with Crippen LogP contribution < -0.4 is 4.74 Å². The van der Waals surface area contributed by atoms with Crippen molar-refractivity contribution in [3.05, 3.63) is 59.4 Å². The lowest BCUT2D eigenvalue weighted by molar-refractivity contribution is -0.0501. The van der Waals surface area contributed by atoms with Gasteiger partial charge in [-0.25, -0.2) is 0 Å². The number of aryl methyl sites for hydroxylation is 1. The maximum absolute atomic E-state index is 12.3. The molecule has 0 bridgehead atoms. The molecule has 0 atom stereocenters. The number of carbonyl (C=O) groups excluding carboxylic acids is 1. The second-order valence-corrected chi connectivity index (χ2v) is 3.92. The number of alkyl halides is 2. The molecule has 0 aliphatic rings. The summed E-state index contributed by atoms with van der Waals surface area (Å²) in [5, 5.41) is 0. The van der Waals surface area contributed by atoms with Crippen molar-refractivity contribution < 1.29 is 18.3 Å². The molecule has 1 aromatic heterocycles. The molecule has 2 aromatic rings. The van der Waals surface area contributed by atoms with Gasteiger partial charge in [0.1, 0.15) is 11.4 Å². The summed E-state index contributed by atoms with van der Waals surface area (Å²) >= 11 is 0. The van der Waals surface area contributed by atoms with Gasteiger partial charge in [-0.15, -0.1) is 0 Å². The van der Waals surface area contributed by atoms with Crippen LogP contribution in [0.4, 0.5) is 8.78 Å². The second kappa shape index (κ2) is 5.56. The first kappa shape index (κ1) is 13.1. The van der Waals surface area contributed by atoms with E-state index in [0.717, 1.165) is 5.56 Å². The summed E-state index contributed by atoms with van der Waals surface area (Å²) in [6.07, 6.45) is 1.47. The average molecular weight is 263 g/mol. The van der Waals surface area contributed by atoms with E-state index in [1.807, 2.05) is 0 Å². The lowest BCUT2D eigenvalue weighted by Gasteiger charge is -2.10. The summed E-state index contributed by atoms with van der Waals surface area (Å²) in [4.78, 5) is 16.1. The maximum atomic E-state index is 12.3. The normalized spacial score (nSPS) is 10.5. The van der Waals surface area contributed by atoms with Gasteiger partial charge < -0.3 is 4.74 Å². The Labute approximate surface area is 108 Å². The van der Waals surface area contributed by atoms with Crippen molar-refractivity contribution in [2.45, 2.75) is 13.5 Å². The topological polar surface area (TPSA) is 39.2 Å². The van der Waals surface area contributed by atoms with Crippen molar-refractivity contribution in [3.8, 4) is 5.75 Å². The minimum absolute atomic E-state index is 0.0737. The lowest BCUT2D eigenvalue weighted by Crippen LogP contribution is -2.10. The number of aromatic nitrogens is 1. The zero-order chi connectivity index (χ0) is 13.8. The van der Waals surface area contributed by atoms with Crippen LogP contribution in [0.5, 0.6) is 5.75 Å². The zero-order valence-electron chi connectivity index (χ0n) is 10.1. The number of rotatable bonds is 4. The average Bonchev–Trinajstić information content (AvgIpc) is 2.38. The Morgan fingerprint density at radius 2 is 2.05 bits per heavy atom. The van der Waals surface area contributed by atoms with Crippen LogP contribution in [0, 0.1) is 6.92 Å². The molecule has 0 saturated carbocycles. The van der Waals surface area contributed by atoms with E-state index >= 15 is 0 Å². The third-order valence-electron chi connectivity index (χ3n) is 2.50. The number of carbonyl (C=O) groups is 1. The van der Waals surface area contributed by atoms with Gasteiger partial charge in [-0.2, -0.15) is 8.78 Å². The fourth-order valence-corrected chi connectivity index (χ4v) is 1.65. The molecular weight excluding hydrogens is 252 g/mol. The molecule has 1 heterocycles. The van der Waals surface area contributed by atoms with E-state index < -0.39 is 12.4 Å². The number of benzene rings is 1. The van der Waals surface area contributed by atoms with Crippen LogP contribution in [0.25, 0.3) is 0 Å². The van der Waals surface area contributed by atoms with E-state index in [2.05, 4.69) is 9.72 Å². The summed E-state index contributed by atoms with van der Waals surface area (Å²) in [6, 6.07) is 9.37. The van der Waals surface area contributed by atoms with Gasteiger partial charge in [0.25, 0.3) is 0 Å². The monoisotopic (exact) mass is 263 g/mol. The Bertz CT molecular complexity index is 585. The predicted molar refractivity (Wildman–Crippen MR) is 65.5 cm³/mol. The van der Waals surface area contributed by atoms with Crippen LogP contribution in [-0.2, 0) is 0 Å². The SMILES string of the molecule is Cc1ccc(C(=O)c2ccccn2)c(OC(F)F)c1. The van der Waals surface area contributed by atoms with E-state index in [0.29, 0.717) is 0 Å². The highest BCUT2D eigenvalue weighted by Gasteiger charge is 2.18. The van der Waals surface area contributed by atoms with Crippen LogP contribution in [0.1, 0.15) is 21.6 Å². The highest BCUT2D eigenvalue weighted by molar-refractivity contribution is 6.09. The van der Waals surface area contributed by atoms with Crippen LogP contribution in [0.3, 0.4) is 0 Å². The Morgan fingerprint density at radius 3 is 2.68 bits per heavy atom. The largest absolute Gasteiger partial charge is 0.434 e. The maximum Gasteiger partial charge on any atom is 0.387 e. The van der Waals surface area contributed by atoms with E-state index in [9.17, 15) is 13.6 Å². The van der Waals surface area contributed by atoms with Gasteiger partial charge >= 0.3 is 6.61 Å². The Hall–Kier alpha value is -2.30. The quantitative estimate of drug-likeness (QED) is 0.795. The van der Waals surface area contributed by atoms with Gasteiger partial charge in [-0.3, -0.25) is 9.78 Å². The van der Waals surface area contributed by atoms with E-state index in [1.165, 1.54) is 24.4 Å². The molecule has 0 saturated heterocycles. The molecule has 1 aromatic carbocycles. The Morgan fingerprint density at radius 1 is 1.26 bits per heavy atom. The molecule has 0 unspecified atom stereocenters. The van der Waals surface area contributed by atoms with E-state index in [1.54, 1.807) is 25.1 Å². The second-order valence-electron chi connectivity index (χ2n) is 3.92. The number of ether oxygens (including phenoxy) is 1. The standard InChI is InChI=1S/C14H11F2NO2/c1-9-5-6-10(12(8-9)19-14(15)16)13(18)11-4-2-3-7-17-11/h2-8,14H,1H3. The minimum atomic E-state index is -2.97. The number of halogens is 2. The van der Waals surface area contributed by atoms with Crippen molar-refractivity contribution in [1.29, 1.82) is 0 Å². The van der Waals surface area contributed by atoms with Gasteiger partial charge in [0.05, 0.1) is 5.56 Å². The molecule has 0 radical (unpaired) electrons. The molecule has 0 spiro atoms. The van der Waals surface area contributed by atoms with E-state index in [-0.39, 0.29) is 17.0 Å². The van der Waals surface area contributed by atoms with Gasteiger partial charge in [0, 0.05) is 6.20 Å². The summed E-state index contributed by atoms with van der Waals surface area (Å²) in [5.41, 5.74) is 0.989. The number of nitrogens with zero attached hydrogens (tertiary/aromatic N) is 1. The molecule has 19 heavy (non-hydrogen) atoms. The zero-order valence-corrected chi connectivity index (χ0v) is 10.1. The summed E-state index contributed by atoms with van der Waals surface area (Å²) in [5.74, 6) is -0.582. The molecule has 98 valence electrons. The molecular formula is C14H11F2NO2. The molecule has 0 aliphatic heterocycles. The van der Waals surface area contributed by atoms with Crippen LogP contribution in [0.2, 0.25) is 0 Å². The Balaban J connectivity index is 2.41. The molecule has 0 N–H and O–H groups in total. The number of hydrogen-bond acceptors (Lipinski definition) is 3. The van der Waals surface area contributed by atoms with Crippen LogP contribution in [0.15, 0.2) is 42.6 Å². The fraction of sp³-hybridized carbons (Fsp3) is 0.143. The predicted octanol–water partition coefficient (Wildman–Crippen LogP) is 3.22. The van der Waals surface area contributed by atoms with Gasteiger partial charge in [0.2, 0.25) is 5.78 Å². The van der Waals surface area contributed by atoms with Crippen molar-refractivity contribution in [3.63, 3.8) is 0 Å². The van der Waals surface area contributed by atoms with Crippen LogP contribution >= 0.6 is 0 Å². The van der Waals surface area contributed by atoms with Gasteiger partial charge in [0.15, 0.2) is 0 Å². The molecule has 0 fully saturated rings. The number of ketones is 1. The van der Waals surface area contributed by atoms with Gasteiger partial charge in [-0.1, -0.05) is 12.1 Å². The molecule has 0 amide bonds. The molecule has 5 heteroatoms. The lowest BCUT2D eigenvalue weighted by atomic mass is 10.0. The first-order valence-electron chi connectivity index (χ1n) is 5.59. The highest BCUT2D eigenvalue weighted by Crippen LogP contribution is 2.24. The van der Waals surface area contributed by atoms with E-state index in [4.69, 9.17) is 0 Å². The van der Waals surface area contributed by atoms with Gasteiger partial charge in [-0.05, 0) is 36.8 Å². The first-order chi connectivity index (χ1) is 9.08. The minimum Gasteiger partial charge on any atom is -0.434 e. The Kier molecular flexibility index (Phi) is 3.85. The number of pyridine rings is 1. The van der Waals surface area contributed by atoms with Crippen molar-refractivity contribution >= 4 is 5.78 Å². The van der Waals surface area contributed by atoms with Crippen molar-refractivity contribution in [2.24, 2.45) is 0 Å². The smallest absolute Gasteiger partial charge is 0.387 e.